The fourth-order valence-electron chi connectivity index (χ4n) is 4.40. The molecule has 1 amide bonds. The van der Waals surface area contributed by atoms with Gasteiger partial charge in [-0.25, -0.2) is 9.97 Å². The predicted molar refractivity (Wildman–Crippen MR) is 125 cm³/mol. The molecule has 1 N–H and O–H groups in total. The van der Waals surface area contributed by atoms with Crippen LogP contribution in [0.2, 0.25) is 0 Å². The lowest BCUT2D eigenvalue weighted by Gasteiger charge is -2.23. The first kappa shape index (κ1) is 21.8. The van der Waals surface area contributed by atoms with E-state index in [9.17, 15) is 4.79 Å². The van der Waals surface area contributed by atoms with Crippen molar-refractivity contribution >= 4 is 17.4 Å². The minimum atomic E-state index is -0.185. The summed E-state index contributed by atoms with van der Waals surface area (Å²) < 4.78 is 0. The first-order valence-electron chi connectivity index (χ1n) is 11.7. The highest BCUT2D eigenvalue weighted by atomic mass is 16.1. The number of carbonyl (C=O) groups excluding carboxylic acids is 1. The molecule has 1 saturated heterocycles. The van der Waals surface area contributed by atoms with E-state index in [1.165, 1.54) is 44.2 Å². The number of rotatable bonds is 9. The topological polar surface area (TPSA) is 61.4 Å². The van der Waals surface area contributed by atoms with Gasteiger partial charge in [-0.1, -0.05) is 26.0 Å². The van der Waals surface area contributed by atoms with Crippen LogP contribution in [0.25, 0.3) is 0 Å². The van der Waals surface area contributed by atoms with Crippen molar-refractivity contribution in [2.45, 2.75) is 53.0 Å². The number of benzene rings is 1. The summed E-state index contributed by atoms with van der Waals surface area (Å²) in [5.74, 6) is 2.22. The van der Waals surface area contributed by atoms with Crippen molar-refractivity contribution in [2.24, 2.45) is 11.8 Å². The van der Waals surface area contributed by atoms with Crippen LogP contribution in [0, 0.1) is 18.8 Å². The molecule has 2 aliphatic rings. The van der Waals surface area contributed by atoms with Gasteiger partial charge in [0.05, 0.1) is 0 Å². The van der Waals surface area contributed by atoms with E-state index in [-0.39, 0.29) is 5.91 Å². The van der Waals surface area contributed by atoms with Crippen molar-refractivity contribution in [1.82, 2.24) is 14.9 Å². The maximum atomic E-state index is 12.9. The van der Waals surface area contributed by atoms with Gasteiger partial charge in [0.1, 0.15) is 17.8 Å². The van der Waals surface area contributed by atoms with Gasteiger partial charge in [0.2, 0.25) is 0 Å². The Morgan fingerprint density at radius 2 is 2.06 bits per heavy atom. The van der Waals surface area contributed by atoms with Gasteiger partial charge < -0.3 is 10.2 Å². The van der Waals surface area contributed by atoms with Gasteiger partial charge in [-0.3, -0.25) is 9.69 Å². The lowest BCUT2D eigenvalue weighted by atomic mass is 10.1. The highest BCUT2D eigenvalue weighted by molar-refractivity contribution is 6.03. The Labute approximate surface area is 186 Å². The quantitative estimate of drug-likeness (QED) is 0.646. The van der Waals surface area contributed by atoms with Crippen molar-refractivity contribution in [3.63, 3.8) is 0 Å². The third-order valence-electron chi connectivity index (χ3n) is 6.33. The van der Waals surface area contributed by atoms with Crippen LogP contribution in [0.5, 0.6) is 0 Å². The number of amides is 1. The van der Waals surface area contributed by atoms with Gasteiger partial charge in [0, 0.05) is 37.9 Å². The van der Waals surface area contributed by atoms with Crippen LogP contribution in [-0.2, 0) is 6.54 Å². The van der Waals surface area contributed by atoms with E-state index in [1.54, 1.807) is 0 Å². The zero-order valence-corrected chi connectivity index (χ0v) is 19.1. The molecule has 1 aromatic heterocycles. The summed E-state index contributed by atoms with van der Waals surface area (Å²) in [4.78, 5) is 26.4. The van der Waals surface area contributed by atoms with Crippen molar-refractivity contribution < 1.29 is 4.79 Å². The Hall–Kier alpha value is -2.47. The fraction of sp³-hybridized carbons (Fsp3) is 0.560. The molecule has 4 rings (SSSR count). The molecule has 6 heteroatoms. The zero-order valence-electron chi connectivity index (χ0n) is 19.1. The number of aryl methyl sites for hydroxylation is 1. The van der Waals surface area contributed by atoms with Gasteiger partial charge in [-0.2, -0.15) is 0 Å². The number of nitrogens with zero attached hydrogens (tertiary/aromatic N) is 4. The molecular formula is C25H35N5O. The third kappa shape index (κ3) is 5.82. The normalized spacial score (nSPS) is 18.9. The Kier molecular flexibility index (Phi) is 6.86. The molecule has 1 aromatic carbocycles. The fourth-order valence-corrected chi connectivity index (χ4v) is 4.40. The molecule has 31 heavy (non-hydrogen) atoms. The molecule has 166 valence electrons. The second kappa shape index (κ2) is 9.77. The van der Waals surface area contributed by atoms with Crippen LogP contribution in [0.3, 0.4) is 0 Å². The van der Waals surface area contributed by atoms with Crippen LogP contribution < -0.4 is 10.2 Å². The van der Waals surface area contributed by atoms with Crippen LogP contribution >= 0.6 is 0 Å². The van der Waals surface area contributed by atoms with E-state index in [1.807, 2.05) is 12.1 Å². The van der Waals surface area contributed by atoms with E-state index < -0.39 is 0 Å². The lowest BCUT2D eigenvalue weighted by molar-refractivity contribution is 0.102. The standard InChI is InChI=1S/C25H35N5O/c1-4-10-30(16-20-5-6-20)24-13-23(26-17-27-24)25(31)28-22-8-7-21(12-19(22)3)15-29-11-9-18(2)14-29/h7-8,12-13,17-18,20H,4-6,9-11,14-16H2,1-3H3,(H,28,31). The van der Waals surface area contributed by atoms with Crippen LogP contribution in [0.1, 0.15) is 61.1 Å². The Morgan fingerprint density at radius 3 is 2.74 bits per heavy atom. The molecule has 2 fully saturated rings. The maximum absolute atomic E-state index is 12.9. The number of anilines is 2. The molecule has 2 heterocycles. The zero-order chi connectivity index (χ0) is 21.8. The molecule has 1 aliphatic carbocycles. The Bertz CT molecular complexity index is 911. The summed E-state index contributed by atoms with van der Waals surface area (Å²) in [5, 5.41) is 3.04. The van der Waals surface area contributed by atoms with Crippen molar-refractivity contribution in [3.05, 3.63) is 47.4 Å². The van der Waals surface area contributed by atoms with E-state index in [2.05, 4.69) is 58.0 Å². The molecule has 0 spiro atoms. The first-order chi connectivity index (χ1) is 15.0. The van der Waals surface area contributed by atoms with Crippen LogP contribution in [-0.4, -0.2) is 47.0 Å². The average Bonchev–Trinajstić information content (AvgIpc) is 3.49. The number of carbonyl (C=O) groups is 1. The summed E-state index contributed by atoms with van der Waals surface area (Å²) in [6.45, 7) is 11.8. The molecule has 1 saturated carbocycles. The molecule has 1 atom stereocenters. The summed E-state index contributed by atoms with van der Waals surface area (Å²) >= 11 is 0. The number of hydrogen-bond donors (Lipinski definition) is 1. The number of hydrogen-bond acceptors (Lipinski definition) is 5. The average molecular weight is 422 g/mol. The number of nitrogens with one attached hydrogen (secondary N) is 1. The van der Waals surface area contributed by atoms with E-state index in [0.717, 1.165) is 55.0 Å². The molecule has 0 bridgehead atoms. The van der Waals surface area contributed by atoms with Gasteiger partial charge >= 0.3 is 0 Å². The maximum Gasteiger partial charge on any atom is 0.274 e. The van der Waals surface area contributed by atoms with Gasteiger partial charge in [-0.15, -0.1) is 0 Å². The molecule has 0 radical (unpaired) electrons. The molecule has 2 aromatic rings. The highest BCUT2D eigenvalue weighted by Gasteiger charge is 2.25. The highest BCUT2D eigenvalue weighted by Crippen LogP contribution is 2.31. The lowest BCUT2D eigenvalue weighted by Crippen LogP contribution is -2.28. The predicted octanol–water partition coefficient (Wildman–Crippen LogP) is 4.51. The van der Waals surface area contributed by atoms with Crippen LogP contribution in [0.15, 0.2) is 30.6 Å². The van der Waals surface area contributed by atoms with E-state index >= 15 is 0 Å². The molecule has 1 unspecified atom stereocenters. The minimum absolute atomic E-state index is 0.185. The van der Waals surface area contributed by atoms with E-state index in [0.29, 0.717) is 5.69 Å². The van der Waals surface area contributed by atoms with Gasteiger partial charge in [-0.05, 0) is 68.2 Å². The molecular weight excluding hydrogens is 386 g/mol. The smallest absolute Gasteiger partial charge is 0.274 e. The second-order valence-electron chi connectivity index (χ2n) is 9.38. The monoisotopic (exact) mass is 421 g/mol. The number of aromatic nitrogens is 2. The van der Waals surface area contributed by atoms with Gasteiger partial charge in [0.25, 0.3) is 5.91 Å². The van der Waals surface area contributed by atoms with Crippen molar-refractivity contribution in [3.8, 4) is 0 Å². The van der Waals surface area contributed by atoms with Crippen molar-refractivity contribution in [1.29, 1.82) is 0 Å². The summed E-state index contributed by atoms with van der Waals surface area (Å²) in [6.07, 6.45) is 6.44. The van der Waals surface area contributed by atoms with Crippen LogP contribution in [0.4, 0.5) is 11.5 Å². The Morgan fingerprint density at radius 1 is 1.23 bits per heavy atom. The summed E-state index contributed by atoms with van der Waals surface area (Å²) in [5.41, 5.74) is 3.63. The Balaban J connectivity index is 1.41. The second-order valence-corrected chi connectivity index (χ2v) is 9.38. The molecule has 1 aliphatic heterocycles. The first-order valence-corrected chi connectivity index (χ1v) is 11.7. The molecule has 6 nitrogen and oxygen atoms in total. The number of likely N-dealkylation sites (tertiary alicyclic amines) is 1. The van der Waals surface area contributed by atoms with Crippen molar-refractivity contribution in [2.75, 3.05) is 36.4 Å². The summed E-state index contributed by atoms with van der Waals surface area (Å²) in [6, 6.07) is 8.14. The van der Waals surface area contributed by atoms with E-state index in [4.69, 9.17) is 0 Å². The minimum Gasteiger partial charge on any atom is -0.356 e. The SMILES string of the molecule is CCCN(CC1CC1)c1cc(C(=O)Nc2ccc(CN3CCC(C)C3)cc2C)ncn1. The van der Waals surface area contributed by atoms with Gasteiger partial charge in [0.15, 0.2) is 0 Å². The summed E-state index contributed by atoms with van der Waals surface area (Å²) in [7, 11) is 0. The largest absolute Gasteiger partial charge is 0.356 e. The third-order valence-corrected chi connectivity index (χ3v) is 6.33.